The summed E-state index contributed by atoms with van der Waals surface area (Å²) < 4.78 is 1.23. The predicted molar refractivity (Wildman–Crippen MR) is 84.1 cm³/mol. The topological polar surface area (TPSA) is 12.9 Å². The molecule has 0 aliphatic carbocycles. The second kappa shape index (κ2) is 5.63. The number of hydrogen-bond acceptors (Lipinski definition) is 2. The zero-order valence-corrected chi connectivity index (χ0v) is 11.2. The van der Waals surface area contributed by atoms with Crippen molar-refractivity contribution in [3.8, 4) is 0 Å². The molecule has 0 aliphatic heterocycles. The van der Waals surface area contributed by atoms with Gasteiger partial charge in [-0.2, -0.15) is 0 Å². The maximum absolute atomic E-state index is 4.56. The Bertz CT molecular complexity index is 690. The summed E-state index contributed by atoms with van der Waals surface area (Å²) in [5.41, 5.74) is 2.27. The molecule has 92 valence electrons. The molecule has 0 unspecified atom stereocenters. The van der Waals surface area contributed by atoms with E-state index in [1.54, 1.807) is 11.3 Å². The molecule has 0 fully saturated rings. The maximum atomic E-state index is 4.56. The Kier molecular flexibility index (Phi) is 3.52. The molecule has 0 bridgehead atoms. The summed E-state index contributed by atoms with van der Waals surface area (Å²) in [4.78, 5) is 4.56. The van der Waals surface area contributed by atoms with E-state index in [9.17, 15) is 0 Å². The normalized spacial score (nSPS) is 11.8. The summed E-state index contributed by atoms with van der Waals surface area (Å²) in [5.74, 6) is 0. The van der Waals surface area contributed by atoms with Crippen LogP contribution < -0.4 is 0 Å². The van der Waals surface area contributed by atoms with E-state index in [0.717, 1.165) is 10.5 Å². The third kappa shape index (κ3) is 2.98. The first-order chi connectivity index (χ1) is 9.42. The molecule has 0 aliphatic rings. The first-order valence-corrected chi connectivity index (χ1v) is 6.99. The fourth-order valence-corrected chi connectivity index (χ4v) is 2.71. The van der Waals surface area contributed by atoms with Gasteiger partial charge < -0.3 is 0 Å². The van der Waals surface area contributed by atoms with Crippen LogP contribution in [0.2, 0.25) is 0 Å². The van der Waals surface area contributed by atoms with Gasteiger partial charge in [-0.15, -0.1) is 11.3 Å². The summed E-state index contributed by atoms with van der Waals surface area (Å²) in [7, 11) is 0. The van der Waals surface area contributed by atoms with Crippen molar-refractivity contribution in [2.75, 3.05) is 0 Å². The van der Waals surface area contributed by atoms with E-state index < -0.39 is 0 Å². The molecule has 0 spiro atoms. The number of allylic oxidation sites excluding steroid dienone is 2. The number of para-hydroxylation sites is 1. The molecular weight excluding hydrogens is 250 g/mol. The lowest BCUT2D eigenvalue weighted by atomic mass is 10.2. The predicted octanol–water partition coefficient (Wildman–Crippen LogP) is 5.02. The largest absolute Gasteiger partial charge is 0.237 e. The lowest BCUT2D eigenvalue weighted by molar-refractivity contribution is 1.46. The molecule has 1 aromatic heterocycles. The van der Waals surface area contributed by atoms with Crippen LogP contribution in [0.5, 0.6) is 0 Å². The second-order valence-corrected chi connectivity index (χ2v) is 5.21. The summed E-state index contributed by atoms with van der Waals surface area (Å²) in [6, 6.07) is 18.5. The average molecular weight is 263 g/mol. The van der Waals surface area contributed by atoms with Gasteiger partial charge in [-0.3, -0.25) is 0 Å². The van der Waals surface area contributed by atoms with Crippen LogP contribution in [-0.4, -0.2) is 4.98 Å². The highest BCUT2D eigenvalue weighted by Gasteiger charge is 1.98. The molecule has 0 N–H and O–H groups in total. The van der Waals surface area contributed by atoms with Crippen LogP contribution in [0.4, 0.5) is 0 Å². The molecule has 0 saturated heterocycles. The highest BCUT2D eigenvalue weighted by Crippen LogP contribution is 2.22. The number of hydrogen-bond donors (Lipinski definition) is 0. The summed E-state index contributed by atoms with van der Waals surface area (Å²) in [6.07, 6.45) is 8.21. The molecule has 0 radical (unpaired) electrons. The van der Waals surface area contributed by atoms with Crippen LogP contribution in [-0.2, 0) is 0 Å². The van der Waals surface area contributed by atoms with Gasteiger partial charge in [0.15, 0.2) is 0 Å². The zero-order valence-electron chi connectivity index (χ0n) is 10.4. The molecule has 0 atom stereocenters. The van der Waals surface area contributed by atoms with Crippen molar-refractivity contribution in [1.29, 1.82) is 0 Å². The van der Waals surface area contributed by atoms with Gasteiger partial charge in [0, 0.05) is 0 Å². The van der Waals surface area contributed by atoms with Gasteiger partial charge in [-0.05, 0) is 23.8 Å². The minimum Gasteiger partial charge on any atom is -0.237 e. The first kappa shape index (κ1) is 11.9. The van der Waals surface area contributed by atoms with E-state index in [1.165, 1.54) is 10.3 Å². The molecule has 19 heavy (non-hydrogen) atoms. The zero-order chi connectivity index (χ0) is 12.9. The van der Waals surface area contributed by atoms with Crippen molar-refractivity contribution in [1.82, 2.24) is 4.98 Å². The Hall–Kier alpha value is -2.19. The van der Waals surface area contributed by atoms with Crippen LogP contribution in [0.1, 0.15) is 10.6 Å². The summed E-state index contributed by atoms with van der Waals surface area (Å²) >= 11 is 1.71. The van der Waals surface area contributed by atoms with E-state index in [0.29, 0.717) is 0 Å². The number of aromatic nitrogens is 1. The third-order valence-electron chi connectivity index (χ3n) is 2.75. The molecule has 3 aromatic rings. The minimum absolute atomic E-state index is 1.04. The molecule has 0 saturated carbocycles. The summed E-state index contributed by atoms with van der Waals surface area (Å²) in [6.45, 7) is 0. The van der Waals surface area contributed by atoms with Gasteiger partial charge in [-0.25, -0.2) is 4.98 Å². The Morgan fingerprint density at radius 3 is 2.37 bits per heavy atom. The molecule has 1 heterocycles. The van der Waals surface area contributed by atoms with Crippen LogP contribution >= 0.6 is 11.3 Å². The number of benzene rings is 2. The Labute approximate surface area is 116 Å². The second-order valence-electron chi connectivity index (χ2n) is 4.15. The molecule has 0 amide bonds. The van der Waals surface area contributed by atoms with Crippen molar-refractivity contribution in [3.63, 3.8) is 0 Å². The van der Waals surface area contributed by atoms with Crippen LogP contribution in [0, 0.1) is 0 Å². The first-order valence-electron chi connectivity index (χ1n) is 6.17. The van der Waals surface area contributed by atoms with Crippen molar-refractivity contribution in [2.45, 2.75) is 0 Å². The fraction of sp³-hybridized carbons (Fsp3) is 0. The van der Waals surface area contributed by atoms with Gasteiger partial charge in [-0.1, -0.05) is 60.7 Å². The van der Waals surface area contributed by atoms with Gasteiger partial charge in [0.05, 0.1) is 10.2 Å². The van der Waals surface area contributed by atoms with E-state index in [-0.39, 0.29) is 0 Å². The lowest BCUT2D eigenvalue weighted by Gasteiger charge is -1.88. The monoisotopic (exact) mass is 263 g/mol. The van der Waals surface area contributed by atoms with Gasteiger partial charge in [0.25, 0.3) is 0 Å². The maximum Gasteiger partial charge on any atom is 0.117 e. The molecule has 1 nitrogen and oxygen atoms in total. The highest BCUT2D eigenvalue weighted by atomic mass is 32.1. The number of thiazole rings is 1. The standard InChI is InChI=1S/C17H13NS/c1-2-8-14(9-3-1)10-4-7-13-17-18-15-11-5-6-12-16(15)19-17/h1-13H. The van der Waals surface area contributed by atoms with E-state index in [4.69, 9.17) is 0 Å². The minimum atomic E-state index is 1.04. The molecule has 2 heteroatoms. The Balaban J connectivity index is 1.74. The van der Waals surface area contributed by atoms with Crippen LogP contribution in [0.25, 0.3) is 22.4 Å². The lowest BCUT2D eigenvalue weighted by Crippen LogP contribution is -1.68. The molecular formula is C17H13NS. The third-order valence-corrected chi connectivity index (χ3v) is 3.75. The van der Waals surface area contributed by atoms with Gasteiger partial charge >= 0.3 is 0 Å². The number of rotatable bonds is 3. The number of fused-ring (bicyclic) bond motifs is 1. The smallest absolute Gasteiger partial charge is 0.117 e. The quantitative estimate of drug-likeness (QED) is 0.604. The molecule has 3 rings (SSSR count). The number of nitrogens with zero attached hydrogens (tertiary/aromatic N) is 1. The van der Waals surface area contributed by atoms with Crippen molar-refractivity contribution < 1.29 is 0 Å². The average Bonchev–Trinajstić information content (AvgIpc) is 2.87. The SMILES string of the molecule is C(C=Cc1nc2ccccc2s1)=Cc1ccccc1. The highest BCUT2D eigenvalue weighted by molar-refractivity contribution is 7.19. The van der Waals surface area contributed by atoms with Gasteiger partial charge in [0.2, 0.25) is 0 Å². The van der Waals surface area contributed by atoms with E-state index in [2.05, 4.69) is 29.3 Å². The van der Waals surface area contributed by atoms with Crippen molar-refractivity contribution >= 4 is 33.7 Å². The fourth-order valence-electron chi connectivity index (χ4n) is 1.83. The van der Waals surface area contributed by atoms with E-state index in [1.807, 2.05) is 54.6 Å². The Morgan fingerprint density at radius 1 is 0.789 bits per heavy atom. The van der Waals surface area contributed by atoms with Gasteiger partial charge in [0.1, 0.15) is 5.01 Å². The molecule has 2 aromatic carbocycles. The van der Waals surface area contributed by atoms with E-state index >= 15 is 0 Å². The van der Waals surface area contributed by atoms with Crippen molar-refractivity contribution in [3.05, 3.63) is 77.3 Å². The Morgan fingerprint density at radius 2 is 1.53 bits per heavy atom. The van der Waals surface area contributed by atoms with Crippen LogP contribution in [0.15, 0.2) is 66.7 Å². The van der Waals surface area contributed by atoms with Crippen molar-refractivity contribution in [2.24, 2.45) is 0 Å². The summed E-state index contributed by atoms with van der Waals surface area (Å²) in [5, 5.41) is 1.04. The van der Waals surface area contributed by atoms with Crippen LogP contribution in [0.3, 0.4) is 0 Å².